The molecule has 4 rings (SSSR count). The molecule has 1 aliphatic rings. The van der Waals surface area contributed by atoms with E-state index in [4.69, 9.17) is 15.5 Å². The quantitative estimate of drug-likeness (QED) is 0.398. The molecule has 1 fully saturated rings. The topological polar surface area (TPSA) is 56.3 Å². The van der Waals surface area contributed by atoms with Crippen LogP contribution < -0.4 is 10.0 Å². The molecule has 0 saturated carbocycles. The number of aromatic nitrogens is 2. The highest BCUT2D eigenvalue weighted by molar-refractivity contribution is 8.00. The predicted molar refractivity (Wildman–Crippen MR) is 132 cm³/mol. The fraction of sp³-hybridized carbons (Fsp3) is 0.480. The molecule has 3 aromatic rings. The lowest BCUT2D eigenvalue weighted by molar-refractivity contribution is 0.140. The minimum Gasteiger partial charge on any atom is -0.399 e. The van der Waals surface area contributed by atoms with Crippen molar-refractivity contribution >= 4 is 34.4 Å². The standard InChI is InChI=1S/C25H34N4OS/c1-25(2,3)24-27-22-16-20(28(4)31-21-10-7-19(26)8-11-21)9-12-23(22)29(24)17-18-6-5-14-30-15-13-18/h7-12,16,18H,5-6,13-15,17,26H2,1-4H3. The van der Waals surface area contributed by atoms with Crippen molar-refractivity contribution in [3.05, 3.63) is 48.3 Å². The van der Waals surface area contributed by atoms with Crippen LogP contribution >= 0.6 is 11.9 Å². The van der Waals surface area contributed by atoms with E-state index in [9.17, 15) is 0 Å². The number of benzene rings is 2. The summed E-state index contributed by atoms with van der Waals surface area (Å²) in [4.78, 5) is 6.27. The van der Waals surface area contributed by atoms with E-state index in [-0.39, 0.29) is 5.41 Å². The number of imidazole rings is 1. The van der Waals surface area contributed by atoms with E-state index in [1.807, 2.05) is 12.1 Å². The van der Waals surface area contributed by atoms with Crippen molar-refractivity contribution in [1.82, 2.24) is 9.55 Å². The molecule has 2 heterocycles. The summed E-state index contributed by atoms with van der Waals surface area (Å²) >= 11 is 1.69. The van der Waals surface area contributed by atoms with Crippen molar-refractivity contribution in [1.29, 1.82) is 0 Å². The molecule has 0 radical (unpaired) electrons. The molecule has 0 spiro atoms. The molecular formula is C25H34N4OS. The second-order valence-electron chi connectivity index (χ2n) is 9.54. The van der Waals surface area contributed by atoms with Gasteiger partial charge < -0.3 is 19.3 Å². The maximum atomic E-state index is 5.82. The SMILES string of the molecule is CN(Sc1ccc(N)cc1)c1ccc2c(c1)nc(C(C)(C)C)n2CC1CCCOCC1. The monoisotopic (exact) mass is 438 g/mol. The molecule has 6 heteroatoms. The summed E-state index contributed by atoms with van der Waals surface area (Å²) in [7, 11) is 2.09. The van der Waals surface area contributed by atoms with E-state index < -0.39 is 0 Å². The maximum Gasteiger partial charge on any atom is 0.115 e. The summed E-state index contributed by atoms with van der Waals surface area (Å²) in [6, 6.07) is 14.6. The number of anilines is 2. The summed E-state index contributed by atoms with van der Waals surface area (Å²) in [6.07, 6.45) is 3.50. The average molecular weight is 439 g/mol. The number of fused-ring (bicyclic) bond motifs is 1. The average Bonchev–Trinajstić information content (AvgIpc) is 2.90. The normalized spacial score (nSPS) is 17.6. The van der Waals surface area contributed by atoms with Gasteiger partial charge in [0.15, 0.2) is 0 Å². The molecule has 5 nitrogen and oxygen atoms in total. The van der Waals surface area contributed by atoms with Crippen molar-refractivity contribution in [2.75, 3.05) is 30.3 Å². The third-order valence-electron chi connectivity index (χ3n) is 5.90. The van der Waals surface area contributed by atoms with Crippen LogP contribution in [-0.4, -0.2) is 29.8 Å². The second-order valence-corrected chi connectivity index (χ2v) is 10.7. The highest BCUT2D eigenvalue weighted by Gasteiger charge is 2.25. The molecule has 0 bridgehead atoms. The van der Waals surface area contributed by atoms with Gasteiger partial charge in [-0.15, -0.1) is 0 Å². The number of nitrogen functional groups attached to an aromatic ring is 1. The molecule has 0 aliphatic carbocycles. The van der Waals surface area contributed by atoms with Crippen molar-refractivity contribution in [3.8, 4) is 0 Å². The number of hydrogen-bond acceptors (Lipinski definition) is 5. The lowest BCUT2D eigenvalue weighted by Crippen LogP contribution is -2.22. The van der Waals surface area contributed by atoms with Crippen LogP contribution in [0, 0.1) is 5.92 Å². The Balaban J connectivity index is 1.63. The van der Waals surface area contributed by atoms with Gasteiger partial charge in [0, 0.05) is 48.5 Å². The summed E-state index contributed by atoms with van der Waals surface area (Å²) in [5.41, 5.74) is 10.0. The van der Waals surface area contributed by atoms with Crippen LogP contribution in [0.15, 0.2) is 47.4 Å². The van der Waals surface area contributed by atoms with E-state index in [0.29, 0.717) is 5.92 Å². The van der Waals surface area contributed by atoms with Gasteiger partial charge in [-0.2, -0.15) is 0 Å². The molecule has 1 unspecified atom stereocenters. The van der Waals surface area contributed by atoms with Crippen LogP contribution in [0.5, 0.6) is 0 Å². The fourth-order valence-electron chi connectivity index (χ4n) is 4.22. The van der Waals surface area contributed by atoms with Gasteiger partial charge in [0.25, 0.3) is 0 Å². The Morgan fingerprint density at radius 1 is 1.13 bits per heavy atom. The second kappa shape index (κ2) is 9.13. The summed E-state index contributed by atoms with van der Waals surface area (Å²) in [5, 5.41) is 0. The highest BCUT2D eigenvalue weighted by atomic mass is 32.2. The highest BCUT2D eigenvalue weighted by Crippen LogP contribution is 2.33. The smallest absolute Gasteiger partial charge is 0.115 e. The Kier molecular flexibility index (Phi) is 6.49. The molecule has 2 aromatic carbocycles. The van der Waals surface area contributed by atoms with Crippen LogP contribution in [0.1, 0.15) is 45.9 Å². The van der Waals surface area contributed by atoms with E-state index >= 15 is 0 Å². The summed E-state index contributed by atoms with van der Waals surface area (Å²) in [6.45, 7) is 9.55. The van der Waals surface area contributed by atoms with Crippen molar-refractivity contribution in [3.63, 3.8) is 0 Å². The van der Waals surface area contributed by atoms with Crippen LogP contribution in [0.4, 0.5) is 11.4 Å². The van der Waals surface area contributed by atoms with E-state index in [2.05, 4.69) is 67.0 Å². The summed E-state index contributed by atoms with van der Waals surface area (Å²) < 4.78 is 10.3. The number of rotatable bonds is 5. The van der Waals surface area contributed by atoms with E-state index in [1.54, 1.807) is 11.9 Å². The van der Waals surface area contributed by atoms with Gasteiger partial charge in [0.1, 0.15) is 5.82 Å². The molecule has 0 amide bonds. The van der Waals surface area contributed by atoms with Crippen LogP contribution in [0.25, 0.3) is 11.0 Å². The molecular weight excluding hydrogens is 404 g/mol. The first-order valence-corrected chi connectivity index (χ1v) is 11.9. The van der Waals surface area contributed by atoms with Crippen molar-refractivity contribution in [2.24, 2.45) is 5.92 Å². The number of nitrogens with two attached hydrogens (primary N) is 1. The first-order chi connectivity index (χ1) is 14.8. The van der Waals surface area contributed by atoms with Gasteiger partial charge >= 0.3 is 0 Å². The Hall–Kier alpha value is -2.18. The zero-order chi connectivity index (χ0) is 22.0. The van der Waals surface area contributed by atoms with Gasteiger partial charge in [0.2, 0.25) is 0 Å². The van der Waals surface area contributed by atoms with Gasteiger partial charge in [0.05, 0.1) is 11.0 Å². The molecule has 2 N–H and O–H groups in total. The molecule has 1 atom stereocenters. The zero-order valence-corrected chi connectivity index (χ0v) is 19.9. The Morgan fingerprint density at radius 3 is 2.65 bits per heavy atom. The zero-order valence-electron chi connectivity index (χ0n) is 19.1. The lowest BCUT2D eigenvalue weighted by Gasteiger charge is -2.23. The van der Waals surface area contributed by atoms with Gasteiger partial charge in [-0.25, -0.2) is 4.98 Å². The number of hydrogen-bond donors (Lipinski definition) is 1. The third-order valence-corrected chi connectivity index (χ3v) is 6.87. The van der Waals surface area contributed by atoms with Crippen LogP contribution in [0.2, 0.25) is 0 Å². The van der Waals surface area contributed by atoms with E-state index in [1.165, 1.54) is 17.8 Å². The molecule has 1 aromatic heterocycles. The van der Waals surface area contributed by atoms with Gasteiger partial charge in [-0.3, -0.25) is 0 Å². The van der Waals surface area contributed by atoms with E-state index in [0.717, 1.165) is 54.4 Å². The van der Waals surface area contributed by atoms with Crippen molar-refractivity contribution in [2.45, 2.75) is 56.9 Å². The Bertz CT molecular complexity index is 1010. The Morgan fingerprint density at radius 2 is 1.90 bits per heavy atom. The minimum atomic E-state index is -0.00889. The predicted octanol–water partition coefficient (Wildman–Crippen LogP) is 5.88. The van der Waals surface area contributed by atoms with Crippen LogP contribution in [-0.2, 0) is 16.7 Å². The molecule has 31 heavy (non-hydrogen) atoms. The minimum absolute atomic E-state index is 0.00889. The first-order valence-electron chi connectivity index (χ1n) is 11.2. The maximum absolute atomic E-state index is 5.82. The third kappa shape index (κ3) is 5.18. The Labute approximate surface area is 190 Å². The largest absolute Gasteiger partial charge is 0.399 e. The first kappa shape index (κ1) is 22.0. The number of nitrogens with zero attached hydrogens (tertiary/aromatic N) is 3. The fourth-order valence-corrected chi connectivity index (χ4v) is 5.02. The van der Waals surface area contributed by atoms with Gasteiger partial charge in [-0.05, 0) is 79.6 Å². The van der Waals surface area contributed by atoms with Gasteiger partial charge in [-0.1, -0.05) is 20.8 Å². The number of ether oxygens (including phenoxy) is 1. The van der Waals surface area contributed by atoms with Crippen LogP contribution in [0.3, 0.4) is 0 Å². The molecule has 166 valence electrons. The summed E-state index contributed by atoms with van der Waals surface area (Å²) in [5.74, 6) is 1.81. The van der Waals surface area contributed by atoms with Crippen molar-refractivity contribution < 1.29 is 4.74 Å². The molecule has 1 aliphatic heterocycles. The lowest BCUT2D eigenvalue weighted by atomic mass is 9.94. The molecule has 1 saturated heterocycles.